The highest BCUT2D eigenvalue weighted by Gasteiger charge is 2.30. The van der Waals surface area contributed by atoms with Crippen molar-refractivity contribution < 1.29 is 18.0 Å². The summed E-state index contributed by atoms with van der Waals surface area (Å²) in [6.45, 7) is 0.487. The highest BCUT2D eigenvalue weighted by Crippen LogP contribution is 2.29. The molecule has 1 heterocycles. The minimum Gasteiger partial charge on any atom is -0.342 e. The van der Waals surface area contributed by atoms with Gasteiger partial charge in [0.15, 0.2) is 0 Å². The highest BCUT2D eigenvalue weighted by molar-refractivity contribution is 6.35. The van der Waals surface area contributed by atoms with Crippen molar-refractivity contribution >= 4 is 46.2 Å². The van der Waals surface area contributed by atoms with E-state index in [1.807, 2.05) is 41.1 Å². The predicted molar refractivity (Wildman–Crippen MR) is 124 cm³/mol. The summed E-state index contributed by atoms with van der Waals surface area (Å²) in [5.41, 5.74) is 3.77. The third-order valence-corrected chi connectivity index (χ3v) is 5.58. The molecule has 0 unspecified atom stereocenters. The Kier molecular flexibility index (Phi) is 6.44. The lowest BCUT2D eigenvalue weighted by atomic mass is 10.1. The Bertz CT molecular complexity index is 1360. The molecule has 33 heavy (non-hydrogen) atoms. The SMILES string of the molecule is O=C(N/N=C\c1cn(Cc2ccc(Cl)cc2Cl)c2ccccc12)c1cccc(C(F)(F)F)c1. The van der Waals surface area contributed by atoms with Gasteiger partial charge < -0.3 is 4.57 Å². The Labute approximate surface area is 197 Å². The topological polar surface area (TPSA) is 46.4 Å². The Morgan fingerprint density at radius 3 is 2.58 bits per heavy atom. The number of halogens is 5. The van der Waals surface area contributed by atoms with Crippen molar-refractivity contribution in [1.29, 1.82) is 0 Å². The second kappa shape index (κ2) is 9.29. The summed E-state index contributed by atoms with van der Waals surface area (Å²) in [6, 6.07) is 17.1. The number of rotatable bonds is 5. The molecule has 9 heteroatoms. The Hall–Kier alpha value is -3.29. The standard InChI is InChI=1S/C24H16Cl2F3N3O/c25-19-9-8-16(21(26)11-19)13-32-14-17(20-6-1-2-7-22(20)32)12-30-31-23(33)15-4-3-5-18(10-15)24(27,28)29/h1-12,14H,13H2,(H,31,33)/b30-12-. The smallest absolute Gasteiger partial charge is 0.342 e. The zero-order valence-corrected chi connectivity index (χ0v) is 18.4. The van der Waals surface area contributed by atoms with Crippen LogP contribution in [0, 0.1) is 0 Å². The van der Waals surface area contributed by atoms with Gasteiger partial charge in [-0.2, -0.15) is 18.3 Å². The maximum atomic E-state index is 12.9. The van der Waals surface area contributed by atoms with E-state index in [4.69, 9.17) is 23.2 Å². The second-order valence-electron chi connectivity index (χ2n) is 7.24. The third-order valence-electron chi connectivity index (χ3n) is 5.00. The number of hydrogen-bond acceptors (Lipinski definition) is 2. The van der Waals surface area contributed by atoms with E-state index >= 15 is 0 Å². The van der Waals surface area contributed by atoms with E-state index in [2.05, 4.69) is 10.5 Å². The number of benzene rings is 3. The van der Waals surface area contributed by atoms with E-state index in [1.165, 1.54) is 18.3 Å². The molecule has 0 fully saturated rings. The molecule has 0 aliphatic carbocycles. The van der Waals surface area contributed by atoms with E-state index < -0.39 is 17.6 Å². The molecule has 0 saturated heterocycles. The number of alkyl halides is 3. The molecule has 4 rings (SSSR count). The van der Waals surface area contributed by atoms with Crippen LogP contribution in [0.3, 0.4) is 0 Å². The number of carbonyl (C=O) groups is 1. The summed E-state index contributed by atoms with van der Waals surface area (Å²) in [5, 5.41) is 5.93. The average Bonchev–Trinajstić information content (AvgIpc) is 3.13. The van der Waals surface area contributed by atoms with Gasteiger partial charge in [-0.25, -0.2) is 5.43 Å². The number of fused-ring (bicyclic) bond motifs is 1. The number of para-hydroxylation sites is 1. The van der Waals surface area contributed by atoms with Gasteiger partial charge in [0, 0.05) is 44.8 Å². The Balaban J connectivity index is 1.56. The van der Waals surface area contributed by atoms with Gasteiger partial charge in [-0.3, -0.25) is 4.79 Å². The fourth-order valence-corrected chi connectivity index (χ4v) is 3.87. The van der Waals surface area contributed by atoms with Crippen LogP contribution in [0.15, 0.2) is 78.0 Å². The summed E-state index contributed by atoms with van der Waals surface area (Å²) in [5.74, 6) is -0.742. The normalized spacial score (nSPS) is 11.9. The number of hydrogen-bond donors (Lipinski definition) is 1. The number of nitrogens with zero attached hydrogens (tertiary/aromatic N) is 2. The minimum atomic E-state index is -4.53. The van der Waals surface area contributed by atoms with Crippen molar-refractivity contribution in [2.24, 2.45) is 5.10 Å². The van der Waals surface area contributed by atoms with Gasteiger partial charge in [0.1, 0.15) is 0 Å². The van der Waals surface area contributed by atoms with Gasteiger partial charge in [-0.1, -0.05) is 53.5 Å². The molecule has 0 saturated carbocycles. The van der Waals surface area contributed by atoms with Gasteiger partial charge in [0.2, 0.25) is 0 Å². The first kappa shape index (κ1) is 22.9. The molecule has 0 spiro atoms. The Morgan fingerprint density at radius 1 is 1.03 bits per heavy atom. The van der Waals surface area contributed by atoms with Crippen LogP contribution in [-0.2, 0) is 12.7 Å². The zero-order valence-electron chi connectivity index (χ0n) is 16.9. The number of nitrogens with one attached hydrogen (secondary N) is 1. The van der Waals surface area contributed by atoms with Crippen molar-refractivity contribution in [3.05, 3.63) is 105 Å². The van der Waals surface area contributed by atoms with E-state index in [9.17, 15) is 18.0 Å². The molecule has 1 amide bonds. The summed E-state index contributed by atoms with van der Waals surface area (Å²) in [6.07, 6.45) is -1.22. The first-order chi connectivity index (χ1) is 15.7. The second-order valence-corrected chi connectivity index (χ2v) is 8.09. The number of carbonyl (C=O) groups excluding carboxylic acids is 1. The summed E-state index contributed by atoms with van der Waals surface area (Å²) in [4.78, 5) is 12.3. The molecule has 168 valence electrons. The maximum Gasteiger partial charge on any atom is 0.416 e. The molecule has 0 aliphatic heterocycles. The minimum absolute atomic E-state index is 0.137. The lowest BCUT2D eigenvalue weighted by Gasteiger charge is -2.08. The molecule has 0 bridgehead atoms. The molecule has 0 aliphatic rings. The highest BCUT2D eigenvalue weighted by atomic mass is 35.5. The van der Waals surface area contributed by atoms with Crippen LogP contribution in [0.1, 0.15) is 27.0 Å². The summed E-state index contributed by atoms with van der Waals surface area (Å²) in [7, 11) is 0. The fourth-order valence-electron chi connectivity index (χ4n) is 3.40. The van der Waals surface area contributed by atoms with Crippen LogP contribution in [0.25, 0.3) is 10.9 Å². The first-order valence-corrected chi connectivity index (χ1v) is 10.5. The van der Waals surface area contributed by atoms with Gasteiger partial charge in [-0.05, 0) is 42.0 Å². The number of amides is 1. The largest absolute Gasteiger partial charge is 0.416 e. The van der Waals surface area contributed by atoms with Crippen LogP contribution in [0.5, 0.6) is 0 Å². The lowest BCUT2D eigenvalue weighted by molar-refractivity contribution is -0.137. The Morgan fingerprint density at radius 2 is 1.82 bits per heavy atom. The average molecular weight is 490 g/mol. The molecular weight excluding hydrogens is 474 g/mol. The van der Waals surface area contributed by atoms with E-state index in [0.717, 1.165) is 34.2 Å². The predicted octanol–water partition coefficient (Wildman–Crippen LogP) is 6.78. The van der Waals surface area contributed by atoms with Crippen LogP contribution in [0.4, 0.5) is 13.2 Å². The molecule has 0 radical (unpaired) electrons. The summed E-state index contributed by atoms with van der Waals surface area (Å²) < 4.78 is 40.6. The number of hydrazone groups is 1. The molecule has 3 aromatic carbocycles. The fraction of sp³-hybridized carbons (Fsp3) is 0.0833. The van der Waals surface area contributed by atoms with Crippen molar-refractivity contribution in [2.45, 2.75) is 12.7 Å². The van der Waals surface area contributed by atoms with Crippen molar-refractivity contribution in [3.8, 4) is 0 Å². The molecular formula is C24H16Cl2F3N3O. The van der Waals surface area contributed by atoms with E-state index in [0.29, 0.717) is 16.6 Å². The zero-order chi connectivity index (χ0) is 23.6. The molecule has 1 N–H and O–H groups in total. The quantitative estimate of drug-likeness (QED) is 0.243. The van der Waals surface area contributed by atoms with Crippen molar-refractivity contribution in [3.63, 3.8) is 0 Å². The third kappa shape index (κ3) is 5.21. The van der Waals surface area contributed by atoms with Gasteiger partial charge >= 0.3 is 6.18 Å². The van der Waals surface area contributed by atoms with Crippen LogP contribution < -0.4 is 5.43 Å². The maximum absolute atomic E-state index is 12.9. The van der Waals surface area contributed by atoms with Crippen LogP contribution in [0.2, 0.25) is 10.0 Å². The van der Waals surface area contributed by atoms with E-state index in [1.54, 1.807) is 12.1 Å². The molecule has 0 atom stereocenters. The van der Waals surface area contributed by atoms with Gasteiger partial charge in [0.05, 0.1) is 11.8 Å². The van der Waals surface area contributed by atoms with Crippen molar-refractivity contribution in [1.82, 2.24) is 9.99 Å². The monoisotopic (exact) mass is 489 g/mol. The lowest BCUT2D eigenvalue weighted by Crippen LogP contribution is -2.18. The summed E-state index contributed by atoms with van der Waals surface area (Å²) >= 11 is 12.3. The van der Waals surface area contributed by atoms with E-state index in [-0.39, 0.29) is 5.56 Å². The van der Waals surface area contributed by atoms with Gasteiger partial charge in [-0.15, -0.1) is 0 Å². The van der Waals surface area contributed by atoms with Crippen molar-refractivity contribution in [2.75, 3.05) is 0 Å². The molecule has 4 aromatic rings. The van der Waals surface area contributed by atoms with Crippen LogP contribution in [-0.4, -0.2) is 16.7 Å². The molecule has 1 aromatic heterocycles. The first-order valence-electron chi connectivity index (χ1n) is 9.75. The molecule has 4 nitrogen and oxygen atoms in total. The van der Waals surface area contributed by atoms with Crippen LogP contribution >= 0.6 is 23.2 Å². The van der Waals surface area contributed by atoms with Gasteiger partial charge in [0.25, 0.3) is 5.91 Å². The number of aromatic nitrogens is 1.